The molecule has 8 nitrogen and oxygen atoms in total. The highest BCUT2D eigenvalue weighted by molar-refractivity contribution is 6.05. The molecule has 2 aromatic rings. The van der Waals surface area contributed by atoms with Crippen molar-refractivity contribution in [3.05, 3.63) is 74.4 Å². The molecule has 5 N–H and O–H groups in total. The predicted molar refractivity (Wildman–Crippen MR) is 147 cm³/mol. The van der Waals surface area contributed by atoms with E-state index in [9.17, 15) is 9.59 Å². The lowest BCUT2D eigenvalue weighted by molar-refractivity contribution is 0.0950. The van der Waals surface area contributed by atoms with Gasteiger partial charge in [0.05, 0.1) is 11.3 Å². The van der Waals surface area contributed by atoms with Gasteiger partial charge in [0.15, 0.2) is 0 Å². The van der Waals surface area contributed by atoms with Crippen LogP contribution >= 0.6 is 0 Å². The quantitative estimate of drug-likeness (QED) is 0.280. The van der Waals surface area contributed by atoms with Gasteiger partial charge in [-0.05, 0) is 78.2 Å². The van der Waals surface area contributed by atoms with E-state index in [0.29, 0.717) is 34.7 Å². The molecule has 1 aliphatic heterocycles. The Labute approximate surface area is 213 Å². The van der Waals surface area contributed by atoms with Crippen LogP contribution in [0.3, 0.4) is 0 Å². The highest BCUT2D eigenvalue weighted by Crippen LogP contribution is 2.34. The van der Waals surface area contributed by atoms with E-state index in [4.69, 9.17) is 10.4 Å². The van der Waals surface area contributed by atoms with Crippen molar-refractivity contribution < 1.29 is 4.79 Å². The zero-order chi connectivity index (χ0) is 26.8. The minimum Gasteiger partial charge on any atom is -0.366 e. The third-order valence-electron chi connectivity index (χ3n) is 6.08. The van der Waals surface area contributed by atoms with E-state index in [1.165, 1.54) is 0 Å². The van der Waals surface area contributed by atoms with Gasteiger partial charge in [0, 0.05) is 47.2 Å². The van der Waals surface area contributed by atoms with E-state index in [-0.39, 0.29) is 29.1 Å². The number of carbonyl (C=O) groups is 1. The fourth-order valence-electron chi connectivity index (χ4n) is 4.87. The van der Waals surface area contributed by atoms with E-state index in [1.54, 1.807) is 6.07 Å². The molecule has 0 fully saturated rings. The van der Waals surface area contributed by atoms with Crippen molar-refractivity contribution in [2.75, 3.05) is 11.9 Å². The van der Waals surface area contributed by atoms with Crippen LogP contribution in [0.1, 0.15) is 79.5 Å². The van der Waals surface area contributed by atoms with Crippen LogP contribution in [0.4, 0.5) is 5.82 Å². The molecule has 1 amide bonds. The second kappa shape index (κ2) is 10.2. The first-order valence-corrected chi connectivity index (χ1v) is 12.1. The van der Waals surface area contributed by atoms with E-state index >= 15 is 0 Å². The van der Waals surface area contributed by atoms with Gasteiger partial charge in [-0.3, -0.25) is 9.59 Å². The third kappa shape index (κ3) is 6.37. The largest absolute Gasteiger partial charge is 0.366 e. The minimum absolute atomic E-state index is 0.0799. The number of nitrogens with one attached hydrogen (secondary N) is 5. The van der Waals surface area contributed by atoms with E-state index < -0.39 is 0 Å². The molecule has 0 aliphatic carbocycles. The second-order valence-corrected chi connectivity index (χ2v) is 11.0. The average Bonchev–Trinajstić information content (AvgIpc) is 2.73. The van der Waals surface area contributed by atoms with Crippen molar-refractivity contribution in [1.82, 2.24) is 20.6 Å². The Bertz CT molecular complexity index is 1300. The Morgan fingerprint density at radius 3 is 2.53 bits per heavy atom. The maximum absolute atomic E-state index is 13.4. The number of rotatable bonds is 8. The smallest absolute Gasteiger partial charge is 0.253 e. The van der Waals surface area contributed by atoms with Gasteiger partial charge in [0.25, 0.3) is 11.5 Å². The number of H-pyrrole nitrogens is 1. The fourth-order valence-corrected chi connectivity index (χ4v) is 4.87. The molecule has 0 atom stereocenters. The molecule has 192 valence electrons. The van der Waals surface area contributed by atoms with Gasteiger partial charge in [0.1, 0.15) is 5.82 Å². The number of aromatic amines is 1. The van der Waals surface area contributed by atoms with Crippen molar-refractivity contribution in [2.45, 2.75) is 72.5 Å². The number of nitrogens with zero attached hydrogens (tertiary/aromatic N) is 1. The topological polar surface area (TPSA) is 123 Å². The van der Waals surface area contributed by atoms with Gasteiger partial charge in [-0.25, -0.2) is 4.98 Å². The number of aryl methyl sites for hydroxylation is 2. The molecule has 0 aromatic carbocycles. The Hall–Kier alpha value is -3.52. The fraction of sp³-hybridized carbons (Fsp3) is 0.429. The van der Waals surface area contributed by atoms with Gasteiger partial charge in [0.2, 0.25) is 0 Å². The minimum atomic E-state index is -0.372. The summed E-state index contributed by atoms with van der Waals surface area (Å²) in [6.45, 7) is 18.6. The molecule has 3 heterocycles. The van der Waals surface area contributed by atoms with Crippen LogP contribution in [0.5, 0.6) is 0 Å². The molecular weight excluding hydrogens is 452 g/mol. The van der Waals surface area contributed by atoms with Crippen molar-refractivity contribution >= 4 is 23.5 Å². The van der Waals surface area contributed by atoms with Crippen molar-refractivity contribution in [2.24, 2.45) is 0 Å². The summed E-state index contributed by atoms with van der Waals surface area (Å²) in [7, 11) is 0. The Morgan fingerprint density at radius 1 is 1.25 bits per heavy atom. The predicted octanol–water partition coefficient (Wildman–Crippen LogP) is 4.24. The lowest BCUT2D eigenvalue weighted by Gasteiger charge is -2.41. The molecule has 0 saturated carbocycles. The molecule has 3 rings (SSSR count). The van der Waals surface area contributed by atoms with Gasteiger partial charge in [-0.2, -0.15) is 0 Å². The highest BCUT2D eigenvalue weighted by Gasteiger charge is 2.33. The molecule has 0 spiro atoms. The highest BCUT2D eigenvalue weighted by atomic mass is 16.1. The summed E-state index contributed by atoms with van der Waals surface area (Å²) >= 11 is 0. The van der Waals surface area contributed by atoms with Crippen LogP contribution < -0.4 is 21.5 Å². The number of anilines is 1. The van der Waals surface area contributed by atoms with E-state index in [1.807, 2.05) is 26.8 Å². The molecule has 8 heteroatoms. The molecule has 0 radical (unpaired) electrons. The Balaban J connectivity index is 2.06. The SMILES string of the molecule is C=C(C)CNc1nc(C2=CC(C)(C)NC(C)(C)C2)cc(C(=O)NCc2c(C)cc(C)[nH]c2=O)c1C=N. The maximum atomic E-state index is 13.4. The summed E-state index contributed by atoms with van der Waals surface area (Å²) in [5.41, 5.74) is 4.79. The number of carbonyl (C=O) groups excluding carboxylic acids is 1. The first kappa shape index (κ1) is 27.1. The van der Waals surface area contributed by atoms with Crippen molar-refractivity contribution in [1.29, 1.82) is 5.41 Å². The van der Waals surface area contributed by atoms with Crippen LogP contribution in [0.2, 0.25) is 0 Å². The summed E-state index contributed by atoms with van der Waals surface area (Å²) in [6, 6.07) is 3.63. The normalized spacial score (nSPS) is 16.1. The number of amides is 1. The lowest BCUT2D eigenvalue weighted by Crippen LogP contribution is -2.53. The molecule has 0 bridgehead atoms. The molecule has 0 unspecified atom stereocenters. The maximum Gasteiger partial charge on any atom is 0.253 e. The number of hydrogen-bond acceptors (Lipinski definition) is 6. The molecule has 2 aromatic heterocycles. The Morgan fingerprint density at radius 2 is 1.94 bits per heavy atom. The van der Waals surface area contributed by atoms with Crippen LogP contribution in [-0.2, 0) is 6.54 Å². The summed E-state index contributed by atoms with van der Waals surface area (Å²) in [6.07, 6.45) is 4.01. The summed E-state index contributed by atoms with van der Waals surface area (Å²) in [5, 5.41) is 17.8. The van der Waals surface area contributed by atoms with E-state index in [2.05, 4.69) is 61.3 Å². The van der Waals surface area contributed by atoms with Crippen molar-refractivity contribution in [3.63, 3.8) is 0 Å². The molecule has 36 heavy (non-hydrogen) atoms. The zero-order valence-corrected chi connectivity index (χ0v) is 22.4. The Kier molecular flexibility index (Phi) is 7.69. The lowest BCUT2D eigenvalue weighted by atomic mass is 9.82. The summed E-state index contributed by atoms with van der Waals surface area (Å²) in [4.78, 5) is 33.5. The number of aromatic nitrogens is 2. The second-order valence-electron chi connectivity index (χ2n) is 11.0. The first-order valence-electron chi connectivity index (χ1n) is 12.1. The summed E-state index contributed by atoms with van der Waals surface area (Å²) in [5.74, 6) is 0.0815. The van der Waals surface area contributed by atoms with Crippen LogP contribution in [-0.4, -0.2) is 39.7 Å². The van der Waals surface area contributed by atoms with Crippen molar-refractivity contribution in [3.8, 4) is 0 Å². The molecular formula is C28H38N6O2. The molecule has 0 saturated heterocycles. The molecule has 1 aliphatic rings. The van der Waals surface area contributed by atoms with Gasteiger partial charge in [-0.1, -0.05) is 18.2 Å². The van der Waals surface area contributed by atoms with Crippen LogP contribution in [0.25, 0.3) is 5.57 Å². The van der Waals surface area contributed by atoms with Gasteiger partial charge in [-0.15, -0.1) is 0 Å². The monoisotopic (exact) mass is 490 g/mol. The van der Waals surface area contributed by atoms with E-state index in [0.717, 1.165) is 35.0 Å². The zero-order valence-electron chi connectivity index (χ0n) is 22.4. The van der Waals surface area contributed by atoms with Crippen LogP contribution in [0, 0.1) is 19.3 Å². The first-order chi connectivity index (χ1) is 16.7. The standard InChI is InChI=1S/C28H38N6O2/c1-16(2)14-30-24-21(13-29)20(25(35)31-15-22-17(3)9-18(4)32-26(22)36)10-23(33-24)19-11-27(5,6)34-28(7,8)12-19/h9-11,13,29,34H,1,12,14-15H2,2-8H3,(H,30,33)(H,31,35)(H,32,36). The van der Waals surface area contributed by atoms with Gasteiger partial charge < -0.3 is 26.3 Å². The van der Waals surface area contributed by atoms with Crippen LogP contribution in [0.15, 0.2) is 35.2 Å². The third-order valence-corrected chi connectivity index (χ3v) is 6.08. The average molecular weight is 491 g/mol. The summed E-state index contributed by atoms with van der Waals surface area (Å²) < 4.78 is 0. The van der Waals surface area contributed by atoms with Gasteiger partial charge >= 0.3 is 0 Å². The number of hydrogen-bond donors (Lipinski definition) is 5. The number of pyridine rings is 2.